The summed E-state index contributed by atoms with van der Waals surface area (Å²) in [5.74, 6) is -0.785. The normalized spacial score (nSPS) is 25.5. The van der Waals surface area contributed by atoms with Crippen molar-refractivity contribution in [2.45, 2.75) is 82.4 Å². The van der Waals surface area contributed by atoms with Gasteiger partial charge in [0.25, 0.3) is 0 Å². The molecule has 1 aliphatic rings. The van der Waals surface area contributed by atoms with Crippen molar-refractivity contribution in [1.82, 2.24) is 0 Å². The highest BCUT2D eigenvalue weighted by molar-refractivity contribution is 5.66. The fraction of sp³-hybridized carbons (Fsp3) is 0.591. The number of ether oxygens (including phenoxy) is 1. The van der Waals surface area contributed by atoms with Crippen LogP contribution in [0.1, 0.15) is 51.9 Å². The molecule has 0 aliphatic carbocycles. The fourth-order valence-corrected chi connectivity index (χ4v) is 2.90. The Kier molecular flexibility index (Phi) is 12.4. The Morgan fingerprint density at radius 2 is 1.71 bits per heavy atom. The Hall–Kier alpha value is -1.73. The maximum Gasteiger partial charge on any atom is 0.303 e. The Balaban J connectivity index is 2.16. The maximum absolute atomic E-state index is 10.3. The van der Waals surface area contributed by atoms with E-state index in [1.165, 1.54) is 6.08 Å². The molecular weight excluding hydrogens is 360 g/mol. The Bertz CT molecular complexity index is 551. The summed E-state index contributed by atoms with van der Waals surface area (Å²) in [6.45, 7) is 1.93. The lowest BCUT2D eigenvalue weighted by Crippen LogP contribution is -2.24. The lowest BCUT2D eigenvalue weighted by molar-refractivity contribution is -0.136. The number of aliphatic carboxylic acids is 1. The van der Waals surface area contributed by atoms with Gasteiger partial charge >= 0.3 is 5.97 Å². The minimum atomic E-state index is -0.837. The van der Waals surface area contributed by atoms with Crippen LogP contribution in [-0.4, -0.2) is 56.9 Å². The van der Waals surface area contributed by atoms with E-state index in [2.05, 4.69) is 0 Å². The zero-order chi connectivity index (χ0) is 20.8. The van der Waals surface area contributed by atoms with Gasteiger partial charge in [0.05, 0.1) is 30.5 Å². The van der Waals surface area contributed by atoms with Gasteiger partial charge in [-0.25, -0.2) is 0 Å². The van der Waals surface area contributed by atoms with Crippen molar-refractivity contribution in [2.24, 2.45) is 0 Å². The summed E-state index contributed by atoms with van der Waals surface area (Å²) < 4.78 is 5.61. The largest absolute Gasteiger partial charge is 0.481 e. The van der Waals surface area contributed by atoms with E-state index >= 15 is 0 Å². The van der Waals surface area contributed by atoms with Gasteiger partial charge in [0, 0.05) is 12.8 Å². The third-order valence-electron chi connectivity index (χ3n) is 4.51. The van der Waals surface area contributed by atoms with Gasteiger partial charge in [-0.05, 0) is 32.1 Å². The minimum absolute atomic E-state index is 0.158. The Morgan fingerprint density at radius 3 is 2.32 bits per heavy atom. The molecule has 4 N–H and O–H groups in total. The van der Waals surface area contributed by atoms with Gasteiger partial charge in [-0.3, -0.25) is 4.79 Å². The van der Waals surface area contributed by atoms with Crippen LogP contribution >= 0.6 is 0 Å². The molecule has 1 rings (SSSR count). The molecule has 28 heavy (non-hydrogen) atoms. The standard InChI is InChI=1S/C22H34O6/c1-2-20-19(25)16-21(28-20)18(24)15-14-17(23)12-10-8-6-4-3-5-7-9-11-13-22(26)27/h3-4,7-10,14-15,17-21,23-25H,2,5-6,11-13,16H2,1H3,(H,26,27)/b4-3-,9-7-,10-8-,15-14+/t17-,18+,19-,20-,21+/m0/s1. The molecule has 0 unspecified atom stereocenters. The average Bonchev–Trinajstić information content (AvgIpc) is 3.04. The van der Waals surface area contributed by atoms with Crippen LogP contribution in [0.2, 0.25) is 0 Å². The van der Waals surface area contributed by atoms with Crippen LogP contribution in [-0.2, 0) is 9.53 Å². The van der Waals surface area contributed by atoms with E-state index in [9.17, 15) is 20.1 Å². The summed E-state index contributed by atoms with van der Waals surface area (Å²) in [5, 5.41) is 38.4. The Morgan fingerprint density at radius 1 is 1.07 bits per heavy atom. The summed E-state index contributed by atoms with van der Waals surface area (Å²) in [6, 6.07) is 0. The number of carboxylic acid groups (broad SMARTS) is 1. The second-order valence-electron chi connectivity index (χ2n) is 6.92. The summed E-state index contributed by atoms with van der Waals surface area (Å²) in [4.78, 5) is 10.3. The number of hydrogen-bond donors (Lipinski definition) is 4. The molecule has 5 atom stereocenters. The quantitative estimate of drug-likeness (QED) is 0.358. The highest BCUT2D eigenvalue weighted by Gasteiger charge is 2.35. The number of allylic oxidation sites excluding steroid dienone is 5. The molecule has 1 saturated heterocycles. The number of aliphatic hydroxyl groups is 3. The van der Waals surface area contributed by atoms with Gasteiger partial charge in [0.1, 0.15) is 0 Å². The van der Waals surface area contributed by atoms with Crippen molar-refractivity contribution >= 4 is 5.97 Å². The van der Waals surface area contributed by atoms with Crippen molar-refractivity contribution in [3.8, 4) is 0 Å². The molecule has 0 aromatic rings. The van der Waals surface area contributed by atoms with Crippen LogP contribution in [0.5, 0.6) is 0 Å². The zero-order valence-electron chi connectivity index (χ0n) is 16.6. The molecule has 1 fully saturated rings. The number of carboxylic acids is 1. The van der Waals surface area contributed by atoms with Crippen LogP contribution in [0.15, 0.2) is 48.6 Å². The van der Waals surface area contributed by atoms with Gasteiger partial charge in [-0.2, -0.15) is 0 Å². The van der Waals surface area contributed by atoms with Crippen LogP contribution in [0.3, 0.4) is 0 Å². The first kappa shape index (κ1) is 24.3. The number of hydrogen-bond acceptors (Lipinski definition) is 5. The van der Waals surface area contributed by atoms with Crippen LogP contribution in [0.25, 0.3) is 0 Å². The molecule has 0 radical (unpaired) electrons. The molecule has 1 aliphatic heterocycles. The molecule has 0 amide bonds. The smallest absolute Gasteiger partial charge is 0.303 e. The van der Waals surface area contributed by atoms with Crippen molar-refractivity contribution in [3.05, 3.63) is 48.6 Å². The fourth-order valence-electron chi connectivity index (χ4n) is 2.90. The molecular formula is C22H34O6. The van der Waals surface area contributed by atoms with E-state index in [1.807, 2.05) is 43.4 Å². The average molecular weight is 395 g/mol. The van der Waals surface area contributed by atoms with E-state index in [-0.39, 0.29) is 12.5 Å². The van der Waals surface area contributed by atoms with Gasteiger partial charge in [-0.15, -0.1) is 0 Å². The van der Waals surface area contributed by atoms with E-state index in [0.29, 0.717) is 25.7 Å². The van der Waals surface area contributed by atoms with E-state index in [1.54, 1.807) is 6.08 Å². The van der Waals surface area contributed by atoms with E-state index in [0.717, 1.165) is 12.8 Å². The van der Waals surface area contributed by atoms with Gasteiger partial charge < -0.3 is 25.2 Å². The molecule has 158 valence electrons. The van der Waals surface area contributed by atoms with Gasteiger partial charge in [0.2, 0.25) is 0 Å². The Labute approximate surface area is 167 Å². The molecule has 0 spiro atoms. The van der Waals surface area contributed by atoms with Crippen LogP contribution in [0, 0.1) is 0 Å². The maximum atomic E-state index is 10.3. The lowest BCUT2D eigenvalue weighted by Gasteiger charge is -2.16. The SMILES string of the molecule is CC[C@@H]1O[C@@H]([C@H](O)/C=C/[C@@H](O)C/C=C\C/C=C\C/C=C\CCC(=O)O)C[C@@H]1O. The highest BCUT2D eigenvalue weighted by atomic mass is 16.5. The summed E-state index contributed by atoms with van der Waals surface area (Å²) in [6.07, 6.45) is 15.9. The third kappa shape index (κ3) is 10.6. The predicted molar refractivity (Wildman–Crippen MR) is 109 cm³/mol. The molecule has 0 saturated carbocycles. The van der Waals surface area contributed by atoms with Crippen LogP contribution in [0.4, 0.5) is 0 Å². The van der Waals surface area contributed by atoms with Crippen LogP contribution < -0.4 is 0 Å². The summed E-state index contributed by atoms with van der Waals surface area (Å²) in [7, 11) is 0. The first-order valence-electron chi connectivity index (χ1n) is 9.98. The monoisotopic (exact) mass is 394 g/mol. The number of aliphatic hydroxyl groups excluding tert-OH is 3. The second-order valence-corrected chi connectivity index (χ2v) is 6.92. The molecule has 0 aromatic carbocycles. The molecule has 0 aromatic heterocycles. The van der Waals surface area contributed by atoms with E-state index in [4.69, 9.17) is 9.84 Å². The zero-order valence-corrected chi connectivity index (χ0v) is 16.6. The third-order valence-corrected chi connectivity index (χ3v) is 4.51. The number of rotatable bonds is 13. The summed E-state index contributed by atoms with van der Waals surface area (Å²) >= 11 is 0. The van der Waals surface area contributed by atoms with Crippen molar-refractivity contribution in [1.29, 1.82) is 0 Å². The first-order valence-corrected chi connectivity index (χ1v) is 9.98. The van der Waals surface area contributed by atoms with Crippen molar-refractivity contribution in [3.63, 3.8) is 0 Å². The molecule has 0 bridgehead atoms. The van der Waals surface area contributed by atoms with Crippen molar-refractivity contribution in [2.75, 3.05) is 0 Å². The molecule has 1 heterocycles. The predicted octanol–water partition coefficient (Wildman–Crippen LogP) is 2.90. The van der Waals surface area contributed by atoms with E-state index < -0.39 is 30.4 Å². The topological polar surface area (TPSA) is 107 Å². The minimum Gasteiger partial charge on any atom is -0.481 e. The molecule has 6 heteroatoms. The lowest BCUT2D eigenvalue weighted by atomic mass is 10.1. The molecule has 6 nitrogen and oxygen atoms in total. The van der Waals surface area contributed by atoms with Gasteiger partial charge in [-0.1, -0.05) is 55.5 Å². The first-order chi connectivity index (χ1) is 13.4. The summed E-state index contributed by atoms with van der Waals surface area (Å²) in [5.41, 5.74) is 0. The second kappa shape index (κ2) is 14.3. The number of carbonyl (C=O) groups is 1. The van der Waals surface area contributed by atoms with Gasteiger partial charge in [0.15, 0.2) is 0 Å². The van der Waals surface area contributed by atoms with Crippen molar-refractivity contribution < 1.29 is 30.0 Å². The highest BCUT2D eigenvalue weighted by Crippen LogP contribution is 2.25.